The number of nitrogens with one attached hydrogen (secondary N) is 1. The maximum atomic E-state index is 11.6. The summed E-state index contributed by atoms with van der Waals surface area (Å²) in [6, 6.07) is 0.399. The second-order valence-corrected chi connectivity index (χ2v) is 4.34. The van der Waals surface area contributed by atoms with E-state index in [0.717, 1.165) is 26.1 Å². The summed E-state index contributed by atoms with van der Waals surface area (Å²) in [4.78, 5) is 13.5. The minimum absolute atomic E-state index is 0.214. The molecule has 4 heteroatoms. The van der Waals surface area contributed by atoms with Gasteiger partial charge in [0.25, 0.3) is 0 Å². The normalized spacial score (nSPS) is 27.8. The van der Waals surface area contributed by atoms with Gasteiger partial charge < -0.3 is 15.3 Å². The fourth-order valence-corrected chi connectivity index (χ4v) is 2.16. The van der Waals surface area contributed by atoms with Crippen LogP contribution in [0.15, 0.2) is 0 Å². The van der Waals surface area contributed by atoms with E-state index in [0.29, 0.717) is 18.4 Å². The van der Waals surface area contributed by atoms with E-state index in [1.54, 1.807) is 0 Å². The smallest absolute Gasteiger partial charge is 0.224 e. The van der Waals surface area contributed by atoms with Crippen LogP contribution >= 0.6 is 0 Å². The molecule has 0 spiro atoms. The van der Waals surface area contributed by atoms with Crippen molar-refractivity contribution in [1.82, 2.24) is 10.2 Å². The van der Waals surface area contributed by atoms with Gasteiger partial charge >= 0.3 is 0 Å². The first-order valence-electron chi connectivity index (χ1n) is 5.41. The lowest BCUT2D eigenvalue weighted by atomic mass is 10.00. The van der Waals surface area contributed by atoms with Crippen molar-refractivity contribution >= 4 is 5.91 Å². The fraction of sp³-hybridized carbons (Fsp3) is 0.900. The van der Waals surface area contributed by atoms with E-state index < -0.39 is 0 Å². The lowest BCUT2D eigenvalue weighted by molar-refractivity contribution is -0.138. The maximum Gasteiger partial charge on any atom is 0.224 e. The van der Waals surface area contributed by atoms with Crippen molar-refractivity contribution in [3.63, 3.8) is 0 Å². The zero-order chi connectivity index (χ0) is 9.97. The van der Waals surface area contributed by atoms with Crippen molar-refractivity contribution < 1.29 is 9.90 Å². The quantitative estimate of drug-likeness (QED) is 0.647. The van der Waals surface area contributed by atoms with Crippen LogP contribution in [0.1, 0.15) is 19.3 Å². The third kappa shape index (κ3) is 2.07. The Hall–Kier alpha value is -0.610. The summed E-state index contributed by atoms with van der Waals surface area (Å²) < 4.78 is 0. The minimum atomic E-state index is 0.214. The second-order valence-electron chi connectivity index (χ2n) is 4.34. The van der Waals surface area contributed by atoms with Crippen LogP contribution in [0.2, 0.25) is 0 Å². The highest BCUT2D eigenvalue weighted by molar-refractivity contribution is 5.77. The summed E-state index contributed by atoms with van der Waals surface area (Å²) in [5.41, 5.74) is 0. The van der Waals surface area contributed by atoms with Crippen molar-refractivity contribution in [1.29, 1.82) is 0 Å². The molecule has 2 rings (SSSR count). The van der Waals surface area contributed by atoms with Gasteiger partial charge in [0, 0.05) is 38.1 Å². The first-order valence-corrected chi connectivity index (χ1v) is 5.41. The van der Waals surface area contributed by atoms with Gasteiger partial charge in [-0.25, -0.2) is 0 Å². The van der Waals surface area contributed by atoms with E-state index in [9.17, 15) is 4.79 Å². The highest BCUT2D eigenvalue weighted by Gasteiger charge is 2.31. The van der Waals surface area contributed by atoms with Gasteiger partial charge in [-0.3, -0.25) is 4.79 Å². The molecule has 0 bridgehead atoms. The third-order valence-corrected chi connectivity index (χ3v) is 3.15. The summed E-state index contributed by atoms with van der Waals surface area (Å²) in [6.45, 7) is 2.77. The lowest BCUT2D eigenvalue weighted by Crippen LogP contribution is -2.52. The Bertz CT molecular complexity index is 208. The van der Waals surface area contributed by atoms with E-state index in [4.69, 9.17) is 5.11 Å². The molecular formula is C10H18N2O2. The van der Waals surface area contributed by atoms with Crippen molar-refractivity contribution in [3.8, 4) is 0 Å². The number of hydrogen-bond donors (Lipinski definition) is 2. The number of nitrogens with zero attached hydrogens (tertiary/aromatic N) is 1. The predicted octanol–water partition coefficient (Wildman–Crippen LogP) is -0.421. The number of likely N-dealkylation sites (tertiary alicyclic amines) is 1. The Balaban J connectivity index is 1.69. The molecule has 0 aromatic carbocycles. The molecule has 80 valence electrons. The van der Waals surface area contributed by atoms with Gasteiger partial charge in [0.2, 0.25) is 5.91 Å². The Morgan fingerprint density at radius 3 is 2.86 bits per heavy atom. The van der Waals surface area contributed by atoms with Gasteiger partial charge in [-0.2, -0.15) is 0 Å². The molecule has 0 saturated carbocycles. The average Bonchev–Trinajstić information content (AvgIpc) is 2.54. The first kappa shape index (κ1) is 9.93. The number of hydrogen-bond acceptors (Lipinski definition) is 3. The van der Waals surface area contributed by atoms with E-state index in [2.05, 4.69) is 5.32 Å². The molecule has 0 radical (unpaired) electrons. The molecule has 0 aromatic rings. The van der Waals surface area contributed by atoms with Crippen molar-refractivity contribution in [2.45, 2.75) is 25.3 Å². The number of aliphatic hydroxyl groups excluding tert-OH is 1. The van der Waals surface area contributed by atoms with Crippen LogP contribution in [0, 0.1) is 5.92 Å². The molecule has 14 heavy (non-hydrogen) atoms. The van der Waals surface area contributed by atoms with Gasteiger partial charge in [0.05, 0.1) is 0 Å². The van der Waals surface area contributed by atoms with E-state index in [1.165, 1.54) is 6.42 Å². The van der Waals surface area contributed by atoms with Gasteiger partial charge in [-0.15, -0.1) is 0 Å². The molecule has 2 fully saturated rings. The largest absolute Gasteiger partial charge is 0.396 e. The Kier molecular flexibility index (Phi) is 3.03. The number of aliphatic hydroxyl groups is 1. The molecule has 2 N–H and O–H groups in total. The first-order chi connectivity index (χ1) is 6.79. The van der Waals surface area contributed by atoms with E-state index in [-0.39, 0.29) is 12.5 Å². The molecule has 1 atom stereocenters. The predicted molar refractivity (Wildman–Crippen MR) is 52.8 cm³/mol. The zero-order valence-electron chi connectivity index (χ0n) is 8.41. The monoisotopic (exact) mass is 198 g/mol. The highest BCUT2D eigenvalue weighted by Crippen LogP contribution is 2.18. The molecule has 2 saturated heterocycles. The summed E-state index contributed by atoms with van der Waals surface area (Å²) in [5, 5.41) is 12.1. The van der Waals surface area contributed by atoms with Crippen LogP contribution in [0.3, 0.4) is 0 Å². The second kappa shape index (κ2) is 4.28. The van der Waals surface area contributed by atoms with Gasteiger partial charge in [0.15, 0.2) is 0 Å². The number of carbonyl (C=O) groups excluding carboxylic acids is 1. The summed E-state index contributed by atoms with van der Waals surface area (Å²) in [6.07, 6.45) is 2.96. The third-order valence-electron chi connectivity index (χ3n) is 3.15. The van der Waals surface area contributed by atoms with Crippen LogP contribution in [-0.4, -0.2) is 48.2 Å². The summed E-state index contributed by atoms with van der Waals surface area (Å²) >= 11 is 0. The molecule has 1 amide bonds. The number of carbonyl (C=O) groups is 1. The van der Waals surface area contributed by atoms with E-state index >= 15 is 0 Å². The number of amides is 1. The standard InChI is InChI=1S/C10H18N2O2/c13-7-8-5-12(6-8)10(14)4-9-2-1-3-11-9/h8-9,11,13H,1-7H2. The van der Waals surface area contributed by atoms with Crippen molar-refractivity contribution in [3.05, 3.63) is 0 Å². The average molecular weight is 198 g/mol. The van der Waals surface area contributed by atoms with Crippen molar-refractivity contribution in [2.24, 2.45) is 5.92 Å². The van der Waals surface area contributed by atoms with Crippen LogP contribution in [-0.2, 0) is 4.79 Å². The Labute approximate surface area is 84.3 Å². The Morgan fingerprint density at radius 1 is 1.50 bits per heavy atom. The van der Waals surface area contributed by atoms with Crippen LogP contribution < -0.4 is 5.32 Å². The van der Waals surface area contributed by atoms with Crippen molar-refractivity contribution in [2.75, 3.05) is 26.2 Å². The van der Waals surface area contributed by atoms with E-state index in [1.807, 2.05) is 4.90 Å². The molecular weight excluding hydrogens is 180 g/mol. The van der Waals surface area contributed by atoms with Crippen LogP contribution in [0.25, 0.3) is 0 Å². The molecule has 1 unspecified atom stereocenters. The van der Waals surface area contributed by atoms with Crippen LogP contribution in [0.4, 0.5) is 0 Å². The maximum absolute atomic E-state index is 11.6. The molecule has 2 heterocycles. The van der Waals surface area contributed by atoms with Gasteiger partial charge in [-0.05, 0) is 19.4 Å². The highest BCUT2D eigenvalue weighted by atomic mass is 16.3. The molecule has 4 nitrogen and oxygen atoms in total. The topological polar surface area (TPSA) is 52.6 Å². The zero-order valence-corrected chi connectivity index (χ0v) is 8.41. The molecule has 0 aromatic heterocycles. The lowest BCUT2D eigenvalue weighted by Gasteiger charge is -2.38. The van der Waals surface area contributed by atoms with Gasteiger partial charge in [0.1, 0.15) is 0 Å². The minimum Gasteiger partial charge on any atom is -0.396 e. The summed E-state index contributed by atoms with van der Waals surface area (Å²) in [5.74, 6) is 0.574. The number of rotatable bonds is 3. The fourth-order valence-electron chi connectivity index (χ4n) is 2.16. The molecule has 2 aliphatic heterocycles. The van der Waals surface area contributed by atoms with Gasteiger partial charge in [-0.1, -0.05) is 0 Å². The Morgan fingerprint density at radius 2 is 2.29 bits per heavy atom. The summed E-state index contributed by atoms with van der Waals surface area (Å²) in [7, 11) is 0. The SMILES string of the molecule is O=C(CC1CCCN1)N1CC(CO)C1. The molecule has 0 aliphatic carbocycles. The van der Waals surface area contributed by atoms with Crippen LogP contribution in [0.5, 0.6) is 0 Å². The molecule has 2 aliphatic rings.